The molecule has 3 atom stereocenters. The van der Waals surface area contributed by atoms with Crippen LogP contribution in [0.25, 0.3) is 0 Å². The highest BCUT2D eigenvalue weighted by atomic mass is 35.5. The molecule has 2 aromatic rings. The van der Waals surface area contributed by atoms with E-state index >= 15 is 0 Å². The smallest absolute Gasteiger partial charge is 0.273 e. The number of hydrogen-bond acceptors (Lipinski definition) is 5. The number of carbonyl (C=O) groups is 4. The van der Waals surface area contributed by atoms with Gasteiger partial charge in [0, 0.05) is 16.1 Å². The first-order chi connectivity index (χ1) is 15.8. The van der Waals surface area contributed by atoms with Crippen molar-refractivity contribution in [3.05, 3.63) is 64.7 Å². The molecule has 0 radical (unpaired) electrons. The van der Waals surface area contributed by atoms with Crippen molar-refractivity contribution < 1.29 is 23.9 Å². The number of ketones is 1. The Balaban J connectivity index is 1.69. The summed E-state index contributed by atoms with van der Waals surface area (Å²) >= 11 is 5.95. The third-order valence-electron chi connectivity index (χ3n) is 6.42. The number of Topliss-reactive ketones (excluding diaryl/α,β-unsaturated/α-hetero) is 1. The van der Waals surface area contributed by atoms with Crippen LogP contribution in [-0.2, 0) is 9.59 Å². The molecule has 0 aromatic heterocycles. The Morgan fingerprint density at radius 1 is 1.03 bits per heavy atom. The zero-order valence-electron chi connectivity index (χ0n) is 18.5. The second-order valence-electron chi connectivity index (χ2n) is 8.64. The van der Waals surface area contributed by atoms with Gasteiger partial charge in [-0.25, -0.2) is 5.01 Å². The number of imide groups is 1. The van der Waals surface area contributed by atoms with Gasteiger partial charge < -0.3 is 4.74 Å². The van der Waals surface area contributed by atoms with Gasteiger partial charge in [0.05, 0.1) is 18.9 Å². The van der Waals surface area contributed by atoms with Gasteiger partial charge in [0.1, 0.15) is 12.3 Å². The summed E-state index contributed by atoms with van der Waals surface area (Å²) in [5, 5.41) is 2.33. The van der Waals surface area contributed by atoms with Crippen molar-refractivity contribution in [3.8, 4) is 5.75 Å². The number of hydrogen-bond donors (Lipinski definition) is 0. The van der Waals surface area contributed by atoms with Crippen LogP contribution in [0.3, 0.4) is 0 Å². The van der Waals surface area contributed by atoms with E-state index < -0.39 is 41.9 Å². The van der Waals surface area contributed by atoms with Gasteiger partial charge in [0.2, 0.25) is 0 Å². The molecule has 0 bridgehead atoms. The predicted molar refractivity (Wildman–Crippen MR) is 122 cm³/mol. The number of fused-ring (bicyclic) bond motifs is 1. The third-order valence-corrected chi connectivity index (χ3v) is 6.67. The Bertz CT molecular complexity index is 1100. The van der Waals surface area contributed by atoms with Gasteiger partial charge >= 0.3 is 0 Å². The summed E-state index contributed by atoms with van der Waals surface area (Å²) in [6.07, 6.45) is 2.04. The number of benzene rings is 2. The van der Waals surface area contributed by atoms with Gasteiger partial charge in [-0.3, -0.25) is 19.2 Å². The number of amides is 3. The van der Waals surface area contributed by atoms with E-state index in [2.05, 4.69) is 6.92 Å². The van der Waals surface area contributed by atoms with Crippen LogP contribution in [0.4, 0.5) is 0 Å². The van der Waals surface area contributed by atoms with E-state index in [1.54, 1.807) is 36.4 Å². The lowest BCUT2D eigenvalue weighted by molar-refractivity contribution is -0.154. The molecule has 0 spiro atoms. The number of hydrazine groups is 1. The largest absolute Gasteiger partial charge is 0.497 e. The van der Waals surface area contributed by atoms with Crippen LogP contribution in [0.2, 0.25) is 5.02 Å². The highest BCUT2D eigenvalue weighted by molar-refractivity contribution is 6.30. The third kappa shape index (κ3) is 4.50. The molecule has 3 amide bonds. The molecule has 4 rings (SSSR count). The Labute approximate surface area is 197 Å². The molecule has 172 valence electrons. The zero-order valence-corrected chi connectivity index (χ0v) is 19.2. The normalized spacial score (nSPS) is 22.2. The van der Waals surface area contributed by atoms with Crippen molar-refractivity contribution in [2.24, 2.45) is 17.8 Å². The predicted octanol–water partition coefficient (Wildman–Crippen LogP) is 4.01. The first kappa shape index (κ1) is 23.0. The molecule has 1 saturated carbocycles. The fourth-order valence-electron chi connectivity index (χ4n) is 4.61. The average molecular weight is 469 g/mol. The Morgan fingerprint density at radius 2 is 1.73 bits per heavy atom. The maximum atomic E-state index is 13.5. The van der Waals surface area contributed by atoms with Crippen molar-refractivity contribution in [2.45, 2.75) is 26.2 Å². The lowest BCUT2D eigenvalue weighted by atomic mass is 9.76. The Morgan fingerprint density at radius 3 is 2.42 bits per heavy atom. The second kappa shape index (κ2) is 9.35. The summed E-state index contributed by atoms with van der Waals surface area (Å²) in [5.41, 5.74) is 0.537. The van der Waals surface area contributed by atoms with E-state index in [1.165, 1.54) is 19.2 Å². The summed E-state index contributed by atoms with van der Waals surface area (Å²) in [7, 11) is 1.49. The van der Waals surface area contributed by atoms with Crippen molar-refractivity contribution in [1.29, 1.82) is 0 Å². The molecule has 8 heteroatoms. The molecule has 1 aliphatic heterocycles. The SMILES string of the molecule is COc1cccc(C(=O)CN(C(=O)c2ccc(Cl)cc2)N2C(=O)[C@@H]3CC[C@@H](C)C[C@H]3C2=O)c1. The number of halogens is 1. The molecule has 7 nitrogen and oxygen atoms in total. The van der Waals surface area contributed by atoms with Gasteiger partial charge in [0.25, 0.3) is 17.7 Å². The van der Waals surface area contributed by atoms with Gasteiger partial charge in [-0.05, 0) is 61.6 Å². The molecule has 1 saturated heterocycles. The summed E-state index contributed by atoms with van der Waals surface area (Å²) in [4.78, 5) is 53.2. The molecule has 0 unspecified atom stereocenters. The number of methoxy groups -OCH3 is 1. The van der Waals surface area contributed by atoms with E-state index in [-0.39, 0.29) is 5.56 Å². The molecule has 1 aliphatic carbocycles. The molecular formula is C25H25ClN2O5. The van der Waals surface area contributed by atoms with Crippen LogP contribution in [0.5, 0.6) is 5.75 Å². The van der Waals surface area contributed by atoms with E-state index in [1.807, 2.05) is 0 Å². The van der Waals surface area contributed by atoms with Gasteiger partial charge in [0.15, 0.2) is 5.78 Å². The van der Waals surface area contributed by atoms with Gasteiger partial charge in [-0.2, -0.15) is 5.01 Å². The highest BCUT2D eigenvalue weighted by Crippen LogP contribution is 2.41. The van der Waals surface area contributed by atoms with Crippen molar-refractivity contribution in [3.63, 3.8) is 0 Å². The molecule has 1 heterocycles. The van der Waals surface area contributed by atoms with E-state index in [0.717, 1.165) is 16.4 Å². The van der Waals surface area contributed by atoms with E-state index in [0.29, 0.717) is 35.1 Å². The Hall–Kier alpha value is -3.19. The first-order valence-electron chi connectivity index (χ1n) is 10.9. The molecule has 2 aromatic carbocycles. The van der Waals surface area contributed by atoms with Crippen LogP contribution in [0.15, 0.2) is 48.5 Å². The van der Waals surface area contributed by atoms with Gasteiger partial charge in [-0.1, -0.05) is 30.7 Å². The van der Waals surface area contributed by atoms with Crippen LogP contribution in [-0.4, -0.2) is 47.2 Å². The van der Waals surface area contributed by atoms with Crippen molar-refractivity contribution in [2.75, 3.05) is 13.7 Å². The number of nitrogens with zero attached hydrogens (tertiary/aromatic N) is 2. The number of rotatable bonds is 6. The minimum atomic E-state index is -0.615. The minimum Gasteiger partial charge on any atom is -0.497 e. The quantitative estimate of drug-likeness (QED) is 0.472. The molecule has 33 heavy (non-hydrogen) atoms. The van der Waals surface area contributed by atoms with Crippen molar-refractivity contribution >= 4 is 35.1 Å². The Kier molecular flexibility index (Phi) is 6.51. The number of ether oxygens (including phenoxy) is 1. The molecule has 0 N–H and O–H groups in total. The number of carbonyl (C=O) groups excluding carboxylic acids is 4. The molecule has 2 aliphatic rings. The summed E-state index contributed by atoms with van der Waals surface area (Å²) in [5.74, 6) is -1.98. The van der Waals surface area contributed by atoms with Crippen LogP contribution < -0.4 is 4.74 Å². The lowest BCUT2D eigenvalue weighted by Gasteiger charge is -2.30. The highest BCUT2D eigenvalue weighted by Gasteiger charge is 2.52. The zero-order chi connectivity index (χ0) is 23.7. The standard InChI is InChI=1S/C25H25ClN2O5/c1-15-6-11-20-21(12-15)25(32)28(24(20)31)27(23(30)16-7-9-18(26)10-8-16)14-22(29)17-4-3-5-19(13-17)33-2/h3-5,7-10,13,15,20-21H,6,11-12,14H2,1-2H3/t15-,20-,21-/m1/s1. The van der Waals surface area contributed by atoms with Crippen LogP contribution in [0, 0.1) is 17.8 Å². The maximum absolute atomic E-state index is 13.5. The van der Waals surface area contributed by atoms with Crippen LogP contribution in [0.1, 0.15) is 46.9 Å². The topological polar surface area (TPSA) is 84.0 Å². The molecular weight excluding hydrogens is 444 g/mol. The van der Waals surface area contributed by atoms with Crippen LogP contribution >= 0.6 is 11.6 Å². The molecule has 2 fully saturated rings. The monoisotopic (exact) mass is 468 g/mol. The second-order valence-corrected chi connectivity index (χ2v) is 9.08. The summed E-state index contributed by atoms with van der Waals surface area (Å²) in [6, 6.07) is 12.6. The van der Waals surface area contributed by atoms with Gasteiger partial charge in [-0.15, -0.1) is 0 Å². The fourth-order valence-corrected chi connectivity index (χ4v) is 4.73. The van der Waals surface area contributed by atoms with E-state index in [9.17, 15) is 19.2 Å². The minimum absolute atomic E-state index is 0.224. The maximum Gasteiger partial charge on any atom is 0.273 e. The summed E-state index contributed by atoms with van der Waals surface area (Å²) < 4.78 is 5.18. The van der Waals surface area contributed by atoms with Crippen molar-refractivity contribution in [1.82, 2.24) is 10.0 Å². The van der Waals surface area contributed by atoms with E-state index in [4.69, 9.17) is 16.3 Å². The lowest BCUT2D eigenvalue weighted by Crippen LogP contribution is -2.52. The fraction of sp³-hybridized carbons (Fsp3) is 0.360. The first-order valence-corrected chi connectivity index (χ1v) is 11.3. The summed E-state index contributed by atoms with van der Waals surface area (Å²) in [6.45, 7) is 1.60. The average Bonchev–Trinajstić information content (AvgIpc) is 3.06.